The Bertz CT molecular complexity index is 1470. The standard InChI is InChI=1S/C23H25N5O4S/c1-14-13-32-9-8-27(14)22-18-5-7-28(33(30,31)16-2-3-16)23(18)26-21(25-22)19-10-15(12-29)11-20-17(19)4-6-24-20/h4-7,10-11,14,16,24,29H,2-3,8-9,12-13H2,1H3. The summed E-state index contributed by atoms with van der Waals surface area (Å²) in [7, 11) is -3.52. The summed E-state index contributed by atoms with van der Waals surface area (Å²) in [5.74, 6) is 1.13. The molecule has 2 fully saturated rings. The van der Waals surface area contributed by atoms with Gasteiger partial charge in [0.25, 0.3) is 0 Å². The van der Waals surface area contributed by atoms with Gasteiger partial charge in [0.2, 0.25) is 10.0 Å². The molecular weight excluding hydrogens is 442 g/mol. The van der Waals surface area contributed by atoms with Crippen LogP contribution >= 0.6 is 0 Å². The van der Waals surface area contributed by atoms with Crippen molar-refractivity contribution in [2.45, 2.75) is 37.7 Å². The second kappa shape index (κ2) is 7.54. The molecule has 0 radical (unpaired) electrons. The molecule has 0 bridgehead atoms. The van der Waals surface area contributed by atoms with Crippen LogP contribution in [0.2, 0.25) is 0 Å². The molecule has 0 spiro atoms. The van der Waals surface area contributed by atoms with Gasteiger partial charge in [0.1, 0.15) is 5.82 Å². The number of ether oxygens (including phenoxy) is 1. The van der Waals surface area contributed by atoms with E-state index in [-0.39, 0.29) is 17.9 Å². The Balaban J connectivity index is 1.64. The summed E-state index contributed by atoms with van der Waals surface area (Å²) in [5.41, 5.74) is 2.73. The third-order valence-corrected chi connectivity index (χ3v) is 8.66. The molecule has 1 aliphatic carbocycles. The minimum Gasteiger partial charge on any atom is -0.392 e. The number of nitrogens with zero attached hydrogens (tertiary/aromatic N) is 4. The van der Waals surface area contributed by atoms with Crippen molar-refractivity contribution in [3.8, 4) is 11.4 Å². The minimum absolute atomic E-state index is 0.0872. The molecule has 2 aliphatic rings. The molecule has 9 nitrogen and oxygen atoms in total. The lowest BCUT2D eigenvalue weighted by Crippen LogP contribution is -2.44. The number of aliphatic hydroxyl groups excluding tert-OH is 1. The van der Waals surface area contributed by atoms with Crippen LogP contribution in [0.15, 0.2) is 36.7 Å². The van der Waals surface area contributed by atoms with Crippen molar-refractivity contribution in [3.63, 3.8) is 0 Å². The predicted molar refractivity (Wildman–Crippen MR) is 126 cm³/mol. The highest BCUT2D eigenvalue weighted by atomic mass is 32.2. The third-order valence-electron chi connectivity index (χ3n) is 6.50. The van der Waals surface area contributed by atoms with E-state index in [9.17, 15) is 13.5 Å². The number of H-pyrrole nitrogens is 1. The first-order valence-electron chi connectivity index (χ1n) is 11.2. The van der Waals surface area contributed by atoms with Gasteiger partial charge < -0.3 is 19.7 Å². The summed E-state index contributed by atoms with van der Waals surface area (Å²) < 4.78 is 33.3. The van der Waals surface area contributed by atoms with Gasteiger partial charge >= 0.3 is 0 Å². The number of benzene rings is 1. The molecule has 172 valence electrons. The number of aliphatic hydroxyl groups is 1. The highest BCUT2D eigenvalue weighted by molar-refractivity contribution is 7.91. The maximum Gasteiger partial charge on any atom is 0.243 e. The fourth-order valence-corrected chi connectivity index (χ4v) is 6.26. The van der Waals surface area contributed by atoms with E-state index >= 15 is 0 Å². The first kappa shape index (κ1) is 20.6. The number of hydrogen-bond acceptors (Lipinski definition) is 7. The van der Waals surface area contributed by atoms with Crippen molar-refractivity contribution in [3.05, 3.63) is 42.2 Å². The Morgan fingerprint density at radius 2 is 2.06 bits per heavy atom. The quantitative estimate of drug-likeness (QED) is 0.464. The highest BCUT2D eigenvalue weighted by Crippen LogP contribution is 2.36. The fourth-order valence-electron chi connectivity index (χ4n) is 4.59. The average molecular weight is 468 g/mol. The molecule has 6 rings (SSSR count). The molecule has 10 heteroatoms. The number of anilines is 1. The number of fused-ring (bicyclic) bond motifs is 2. The number of morpholine rings is 1. The highest BCUT2D eigenvalue weighted by Gasteiger charge is 2.38. The van der Waals surface area contributed by atoms with Gasteiger partial charge in [-0.25, -0.2) is 22.4 Å². The van der Waals surface area contributed by atoms with E-state index in [1.165, 1.54) is 3.97 Å². The van der Waals surface area contributed by atoms with E-state index in [2.05, 4.69) is 16.8 Å². The molecular formula is C23H25N5O4S. The van der Waals surface area contributed by atoms with Gasteiger partial charge in [-0.3, -0.25) is 0 Å². The Hall–Kier alpha value is -2.95. The molecule has 1 aromatic carbocycles. The Labute approximate surface area is 191 Å². The molecule has 3 aromatic heterocycles. The number of hydrogen-bond donors (Lipinski definition) is 2. The molecule has 2 N–H and O–H groups in total. The molecule has 4 aromatic rings. The van der Waals surface area contributed by atoms with Crippen LogP contribution in [0.25, 0.3) is 33.3 Å². The number of aromatic nitrogens is 4. The molecule has 1 atom stereocenters. The summed E-state index contributed by atoms with van der Waals surface area (Å²) in [6.45, 7) is 3.76. The van der Waals surface area contributed by atoms with E-state index in [1.807, 2.05) is 24.4 Å². The normalized spacial score (nSPS) is 19.6. The van der Waals surface area contributed by atoms with Crippen molar-refractivity contribution in [2.75, 3.05) is 24.7 Å². The first-order chi connectivity index (χ1) is 16.0. The van der Waals surface area contributed by atoms with Gasteiger partial charge in [0.05, 0.1) is 36.5 Å². The van der Waals surface area contributed by atoms with Crippen molar-refractivity contribution in [1.29, 1.82) is 0 Å². The zero-order valence-electron chi connectivity index (χ0n) is 18.2. The summed E-state index contributed by atoms with van der Waals surface area (Å²) in [6, 6.07) is 7.59. The largest absolute Gasteiger partial charge is 0.392 e. The molecule has 1 saturated heterocycles. The van der Waals surface area contributed by atoms with Crippen LogP contribution in [-0.4, -0.2) is 63.5 Å². The lowest BCUT2D eigenvalue weighted by atomic mass is 10.1. The zero-order valence-corrected chi connectivity index (χ0v) is 19.0. The second-order valence-electron chi connectivity index (χ2n) is 8.82. The van der Waals surface area contributed by atoms with Gasteiger partial charge in [-0.1, -0.05) is 0 Å². The summed E-state index contributed by atoms with van der Waals surface area (Å²) >= 11 is 0. The molecule has 1 unspecified atom stereocenters. The van der Waals surface area contributed by atoms with E-state index in [1.54, 1.807) is 12.3 Å². The Kier molecular flexibility index (Phi) is 4.72. The lowest BCUT2D eigenvalue weighted by molar-refractivity contribution is 0.0987. The summed E-state index contributed by atoms with van der Waals surface area (Å²) in [5, 5.41) is 11.1. The van der Waals surface area contributed by atoms with Crippen LogP contribution in [-0.2, 0) is 21.4 Å². The molecule has 0 amide bonds. The van der Waals surface area contributed by atoms with Gasteiger partial charge in [0.15, 0.2) is 11.5 Å². The topological polar surface area (TPSA) is 113 Å². The van der Waals surface area contributed by atoms with Crippen molar-refractivity contribution >= 4 is 37.8 Å². The van der Waals surface area contributed by atoms with Gasteiger partial charge in [-0.15, -0.1) is 0 Å². The minimum atomic E-state index is -3.52. The van der Waals surface area contributed by atoms with Gasteiger partial charge in [-0.2, -0.15) is 0 Å². The van der Waals surface area contributed by atoms with Crippen LogP contribution in [0.5, 0.6) is 0 Å². The van der Waals surface area contributed by atoms with E-state index in [4.69, 9.17) is 14.7 Å². The van der Waals surface area contributed by atoms with Gasteiger partial charge in [-0.05, 0) is 49.6 Å². The van der Waals surface area contributed by atoms with Crippen LogP contribution in [0.4, 0.5) is 5.82 Å². The van der Waals surface area contributed by atoms with Crippen LogP contribution in [0.1, 0.15) is 25.3 Å². The SMILES string of the molecule is CC1COCCN1c1nc(-c2cc(CO)cc3[nH]ccc23)nc2c1ccn2S(=O)(=O)C1CC1. The molecule has 33 heavy (non-hydrogen) atoms. The fraction of sp³-hybridized carbons (Fsp3) is 0.391. The number of rotatable bonds is 5. The van der Waals surface area contributed by atoms with Crippen LogP contribution < -0.4 is 4.90 Å². The maximum absolute atomic E-state index is 13.2. The van der Waals surface area contributed by atoms with Gasteiger partial charge in [0, 0.05) is 35.4 Å². The Morgan fingerprint density at radius 1 is 1.21 bits per heavy atom. The second-order valence-corrected chi connectivity index (χ2v) is 10.9. The maximum atomic E-state index is 13.2. The Morgan fingerprint density at radius 3 is 2.82 bits per heavy atom. The van der Waals surface area contributed by atoms with E-state index in [0.29, 0.717) is 55.3 Å². The number of aromatic amines is 1. The molecule has 1 saturated carbocycles. The summed E-state index contributed by atoms with van der Waals surface area (Å²) in [6.07, 6.45) is 4.78. The summed E-state index contributed by atoms with van der Waals surface area (Å²) in [4.78, 5) is 15.1. The smallest absolute Gasteiger partial charge is 0.243 e. The molecule has 4 heterocycles. The lowest BCUT2D eigenvalue weighted by Gasteiger charge is -2.34. The number of nitrogens with one attached hydrogen (secondary N) is 1. The third kappa shape index (κ3) is 3.32. The predicted octanol–water partition coefficient (Wildman–Crippen LogP) is 2.64. The van der Waals surface area contributed by atoms with E-state index < -0.39 is 10.0 Å². The molecule has 1 aliphatic heterocycles. The van der Waals surface area contributed by atoms with Crippen molar-refractivity contribution in [2.24, 2.45) is 0 Å². The first-order valence-corrected chi connectivity index (χ1v) is 12.7. The van der Waals surface area contributed by atoms with Crippen molar-refractivity contribution in [1.82, 2.24) is 18.9 Å². The zero-order chi connectivity index (χ0) is 22.7. The monoisotopic (exact) mass is 467 g/mol. The van der Waals surface area contributed by atoms with Crippen LogP contribution in [0, 0.1) is 0 Å². The average Bonchev–Trinajstić information content (AvgIpc) is 3.43. The van der Waals surface area contributed by atoms with E-state index in [0.717, 1.165) is 22.0 Å². The van der Waals surface area contributed by atoms with Crippen molar-refractivity contribution < 1.29 is 18.3 Å². The van der Waals surface area contributed by atoms with Crippen LogP contribution in [0.3, 0.4) is 0 Å².